The minimum Gasteiger partial charge on any atom is -0.353 e. The summed E-state index contributed by atoms with van der Waals surface area (Å²) in [7, 11) is 3.75. The van der Waals surface area contributed by atoms with E-state index in [9.17, 15) is 0 Å². The lowest BCUT2D eigenvalue weighted by Crippen LogP contribution is -2.21. The van der Waals surface area contributed by atoms with Crippen LogP contribution < -0.4 is 0 Å². The molecule has 0 rings (SSSR count). The van der Waals surface area contributed by atoms with Gasteiger partial charge < -0.3 is 4.90 Å². The third-order valence-electron chi connectivity index (χ3n) is 0.797. The van der Waals surface area contributed by atoms with Crippen molar-refractivity contribution in [2.24, 2.45) is 4.99 Å². The lowest BCUT2D eigenvalue weighted by atomic mass is 10.1. The molecule has 0 heterocycles. The molecule has 68 valence electrons. The molecule has 0 bridgehead atoms. The number of aliphatic imine (C=N–C) groups is 1. The second kappa shape index (κ2) is 4.83. The Labute approximate surface area is 80.0 Å². The van der Waals surface area contributed by atoms with Crippen molar-refractivity contribution in [3.63, 3.8) is 0 Å². The molecule has 0 aliphatic carbocycles. The summed E-state index contributed by atoms with van der Waals surface area (Å²) in [5, 5.41) is 0.549. The van der Waals surface area contributed by atoms with E-state index >= 15 is 0 Å². The van der Waals surface area contributed by atoms with E-state index in [1.807, 2.05) is 34.9 Å². The fourth-order valence-corrected chi connectivity index (χ4v) is 0.630. The molecule has 0 aliphatic heterocycles. The van der Waals surface area contributed by atoms with E-state index in [4.69, 9.17) is 11.6 Å². The standard InChI is InChI=1S/C7H15ClN2.ClH/c1-7(2,3)9-6(8)10(4)5;/h1-5H3;1H. The molecule has 0 aromatic rings. The summed E-state index contributed by atoms with van der Waals surface area (Å²) < 4.78 is 0. The quantitative estimate of drug-likeness (QED) is 0.332. The zero-order valence-electron chi connectivity index (χ0n) is 7.68. The Morgan fingerprint density at radius 3 is 1.73 bits per heavy atom. The third-order valence-corrected chi connectivity index (χ3v) is 1.22. The second-order valence-electron chi connectivity index (χ2n) is 3.45. The van der Waals surface area contributed by atoms with Crippen molar-refractivity contribution in [2.75, 3.05) is 14.1 Å². The van der Waals surface area contributed by atoms with Crippen LogP contribution in [0.15, 0.2) is 4.99 Å². The van der Waals surface area contributed by atoms with Crippen LogP contribution in [0.4, 0.5) is 0 Å². The monoisotopic (exact) mass is 198 g/mol. The molecule has 4 heteroatoms. The number of amidine groups is 1. The Bertz CT molecular complexity index is 136. The van der Waals surface area contributed by atoms with E-state index in [1.54, 1.807) is 4.90 Å². The first-order chi connectivity index (χ1) is 4.33. The minimum atomic E-state index is -0.0820. The van der Waals surface area contributed by atoms with Crippen LogP contribution in [-0.2, 0) is 0 Å². The van der Waals surface area contributed by atoms with E-state index in [1.165, 1.54) is 0 Å². The van der Waals surface area contributed by atoms with Crippen LogP contribution in [0.2, 0.25) is 0 Å². The highest BCUT2D eigenvalue weighted by Gasteiger charge is 2.08. The Balaban J connectivity index is 0. The van der Waals surface area contributed by atoms with Gasteiger partial charge in [-0.1, -0.05) is 0 Å². The number of hydrogen-bond donors (Lipinski definition) is 0. The van der Waals surface area contributed by atoms with Gasteiger partial charge in [-0.15, -0.1) is 12.4 Å². The van der Waals surface area contributed by atoms with Gasteiger partial charge in [0.2, 0.25) is 0 Å². The molecule has 0 spiro atoms. The largest absolute Gasteiger partial charge is 0.353 e. The Morgan fingerprint density at radius 2 is 1.64 bits per heavy atom. The topological polar surface area (TPSA) is 15.6 Å². The van der Waals surface area contributed by atoms with Crippen molar-refractivity contribution < 1.29 is 0 Å². The molecule has 0 atom stereocenters. The maximum absolute atomic E-state index is 5.78. The highest BCUT2D eigenvalue weighted by atomic mass is 35.5. The molecule has 0 aromatic carbocycles. The number of nitrogens with zero attached hydrogens (tertiary/aromatic N) is 2. The SMILES string of the molecule is CN(C)C(Cl)=NC(C)(C)C.Cl. The molecule has 0 unspecified atom stereocenters. The van der Waals surface area contributed by atoms with Crippen LogP contribution in [0.5, 0.6) is 0 Å². The fourth-order valence-electron chi connectivity index (χ4n) is 0.377. The summed E-state index contributed by atoms with van der Waals surface area (Å²) in [6, 6.07) is 0. The van der Waals surface area contributed by atoms with Gasteiger partial charge in [-0.05, 0) is 32.4 Å². The highest BCUT2D eigenvalue weighted by Crippen LogP contribution is 2.08. The van der Waals surface area contributed by atoms with E-state index in [0.717, 1.165) is 0 Å². The lowest BCUT2D eigenvalue weighted by Gasteiger charge is -2.16. The van der Waals surface area contributed by atoms with Crippen LogP contribution in [0, 0.1) is 0 Å². The third kappa shape index (κ3) is 7.95. The zero-order chi connectivity index (χ0) is 8.36. The summed E-state index contributed by atoms with van der Waals surface area (Å²) in [5.41, 5.74) is -0.0820. The maximum Gasteiger partial charge on any atom is 0.193 e. The molecule has 0 saturated heterocycles. The van der Waals surface area contributed by atoms with Crippen molar-refractivity contribution in [3.05, 3.63) is 0 Å². The van der Waals surface area contributed by atoms with Gasteiger partial charge in [0.1, 0.15) is 0 Å². The van der Waals surface area contributed by atoms with E-state index in [-0.39, 0.29) is 17.9 Å². The summed E-state index contributed by atoms with van der Waals surface area (Å²) in [6.07, 6.45) is 0. The lowest BCUT2D eigenvalue weighted by molar-refractivity contribution is 0.555. The zero-order valence-corrected chi connectivity index (χ0v) is 9.25. The average molecular weight is 199 g/mol. The first kappa shape index (κ1) is 13.6. The number of rotatable bonds is 0. The Morgan fingerprint density at radius 1 is 1.27 bits per heavy atom. The molecule has 0 aliphatic rings. The average Bonchev–Trinajstić information content (AvgIpc) is 1.60. The van der Waals surface area contributed by atoms with Gasteiger partial charge in [0.25, 0.3) is 0 Å². The van der Waals surface area contributed by atoms with E-state index < -0.39 is 0 Å². The van der Waals surface area contributed by atoms with Crippen LogP contribution in [0.3, 0.4) is 0 Å². The summed E-state index contributed by atoms with van der Waals surface area (Å²) >= 11 is 5.78. The van der Waals surface area contributed by atoms with Gasteiger partial charge >= 0.3 is 0 Å². The minimum absolute atomic E-state index is 0. The van der Waals surface area contributed by atoms with Crippen molar-refractivity contribution >= 4 is 29.3 Å². The molecule has 0 saturated carbocycles. The maximum atomic E-state index is 5.78. The van der Waals surface area contributed by atoms with Crippen LogP contribution in [0.25, 0.3) is 0 Å². The van der Waals surface area contributed by atoms with Gasteiger partial charge in [-0.25, -0.2) is 0 Å². The van der Waals surface area contributed by atoms with Crippen LogP contribution in [0.1, 0.15) is 20.8 Å². The number of halogens is 2. The normalized spacial score (nSPS) is 12.4. The summed E-state index contributed by atoms with van der Waals surface area (Å²) in [5.74, 6) is 0. The van der Waals surface area contributed by atoms with E-state index in [2.05, 4.69) is 4.99 Å². The molecular formula is C7H16Cl2N2. The molecule has 11 heavy (non-hydrogen) atoms. The smallest absolute Gasteiger partial charge is 0.193 e. The van der Waals surface area contributed by atoms with Gasteiger partial charge in [-0.2, -0.15) is 0 Å². The van der Waals surface area contributed by atoms with Gasteiger partial charge in [0.05, 0.1) is 5.54 Å². The second-order valence-corrected chi connectivity index (χ2v) is 3.78. The Hall–Kier alpha value is 0.0500. The van der Waals surface area contributed by atoms with Crippen molar-refractivity contribution in [1.29, 1.82) is 0 Å². The number of hydrogen-bond acceptors (Lipinski definition) is 1. The van der Waals surface area contributed by atoms with Gasteiger partial charge in [0, 0.05) is 14.1 Å². The molecule has 0 radical (unpaired) electrons. The van der Waals surface area contributed by atoms with Gasteiger partial charge in [-0.3, -0.25) is 4.99 Å². The summed E-state index contributed by atoms with van der Waals surface area (Å²) in [4.78, 5) is 6.00. The molecule has 0 N–H and O–H groups in total. The van der Waals surface area contributed by atoms with E-state index in [0.29, 0.717) is 5.29 Å². The molecule has 0 aromatic heterocycles. The van der Waals surface area contributed by atoms with Gasteiger partial charge in [0.15, 0.2) is 5.29 Å². The highest BCUT2D eigenvalue weighted by molar-refractivity contribution is 6.64. The van der Waals surface area contributed by atoms with Crippen molar-refractivity contribution in [1.82, 2.24) is 4.90 Å². The molecular weight excluding hydrogens is 183 g/mol. The van der Waals surface area contributed by atoms with Crippen molar-refractivity contribution in [2.45, 2.75) is 26.3 Å². The predicted molar refractivity (Wildman–Crippen MR) is 54.0 cm³/mol. The van der Waals surface area contributed by atoms with Crippen molar-refractivity contribution in [3.8, 4) is 0 Å². The Kier molecular flexibility index (Phi) is 5.99. The molecule has 2 nitrogen and oxygen atoms in total. The summed E-state index contributed by atoms with van der Waals surface area (Å²) in [6.45, 7) is 6.04. The van der Waals surface area contributed by atoms with Crippen LogP contribution >= 0.6 is 24.0 Å². The molecule has 0 amide bonds. The predicted octanol–water partition coefficient (Wildman–Crippen LogP) is 2.36. The molecule has 0 fully saturated rings. The van der Waals surface area contributed by atoms with Crippen LogP contribution in [-0.4, -0.2) is 29.8 Å². The first-order valence-corrected chi connectivity index (χ1v) is 3.63. The first-order valence-electron chi connectivity index (χ1n) is 3.25. The fraction of sp³-hybridized carbons (Fsp3) is 0.857.